The van der Waals surface area contributed by atoms with Gasteiger partial charge >= 0.3 is 5.97 Å². The van der Waals surface area contributed by atoms with E-state index in [1.54, 1.807) is 0 Å². The zero-order valence-electron chi connectivity index (χ0n) is 11.9. The molecule has 3 N–H and O–H groups in total. The Bertz CT molecular complexity index is 459. The van der Waals surface area contributed by atoms with Crippen LogP contribution in [0.5, 0.6) is 0 Å². The van der Waals surface area contributed by atoms with E-state index in [-0.39, 0.29) is 23.3 Å². The van der Waals surface area contributed by atoms with Crippen LogP contribution in [0.25, 0.3) is 0 Å². The molecule has 0 saturated heterocycles. The van der Waals surface area contributed by atoms with Gasteiger partial charge in [0.2, 0.25) is 0 Å². The fraction of sp³-hybridized carbons (Fsp3) is 0.562. The molecule has 0 aliphatic heterocycles. The Labute approximate surface area is 114 Å². The van der Waals surface area contributed by atoms with E-state index in [4.69, 9.17) is 10.8 Å². The first-order valence-electron chi connectivity index (χ1n) is 6.88. The van der Waals surface area contributed by atoms with Crippen molar-refractivity contribution in [2.45, 2.75) is 51.0 Å². The Balaban J connectivity index is 2.17. The molecule has 3 heteroatoms. The van der Waals surface area contributed by atoms with E-state index in [2.05, 4.69) is 45.0 Å². The van der Waals surface area contributed by atoms with Gasteiger partial charge in [0.25, 0.3) is 0 Å². The van der Waals surface area contributed by atoms with E-state index in [1.807, 2.05) is 0 Å². The fourth-order valence-corrected chi connectivity index (χ4v) is 2.89. The molecule has 3 nitrogen and oxygen atoms in total. The largest absolute Gasteiger partial charge is 0.481 e. The Morgan fingerprint density at radius 1 is 1.21 bits per heavy atom. The quantitative estimate of drug-likeness (QED) is 0.860. The average molecular weight is 261 g/mol. The number of carboxylic acids is 1. The van der Waals surface area contributed by atoms with Crippen molar-refractivity contribution in [3.63, 3.8) is 0 Å². The number of benzene rings is 1. The highest BCUT2D eigenvalue weighted by molar-refractivity contribution is 5.70. The van der Waals surface area contributed by atoms with E-state index in [9.17, 15) is 4.79 Å². The van der Waals surface area contributed by atoms with Gasteiger partial charge in [-0.1, -0.05) is 45.0 Å². The van der Waals surface area contributed by atoms with E-state index in [0.29, 0.717) is 12.8 Å². The van der Waals surface area contributed by atoms with Crippen LogP contribution in [0.15, 0.2) is 24.3 Å². The molecule has 2 rings (SSSR count). The van der Waals surface area contributed by atoms with E-state index in [0.717, 1.165) is 0 Å². The summed E-state index contributed by atoms with van der Waals surface area (Å²) < 4.78 is 0. The molecule has 0 heterocycles. The van der Waals surface area contributed by atoms with Gasteiger partial charge in [-0.2, -0.15) is 0 Å². The summed E-state index contributed by atoms with van der Waals surface area (Å²) >= 11 is 0. The van der Waals surface area contributed by atoms with Gasteiger partial charge in [-0.3, -0.25) is 4.79 Å². The van der Waals surface area contributed by atoms with Gasteiger partial charge in [-0.05, 0) is 35.3 Å². The maximum absolute atomic E-state index is 11.1. The Hall–Kier alpha value is -1.35. The lowest BCUT2D eigenvalue weighted by Crippen LogP contribution is -2.23. The fourth-order valence-electron chi connectivity index (χ4n) is 2.89. The van der Waals surface area contributed by atoms with Crippen molar-refractivity contribution >= 4 is 5.97 Å². The van der Waals surface area contributed by atoms with Gasteiger partial charge in [-0.15, -0.1) is 0 Å². The average Bonchev–Trinajstić information content (AvgIpc) is 2.70. The van der Waals surface area contributed by atoms with Crippen LogP contribution < -0.4 is 5.73 Å². The minimum atomic E-state index is -0.718. The third-order valence-corrected chi connectivity index (χ3v) is 4.17. The highest BCUT2D eigenvalue weighted by Crippen LogP contribution is 2.38. The van der Waals surface area contributed by atoms with Crippen LogP contribution in [0.3, 0.4) is 0 Å². The first-order chi connectivity index (χ1) is 8.79. The molecule has 3 atom stereocenters. The lowest BCUT2D eigenvalue weighted by molar-refractivity contribution is -0.141. The number of carbonyl (C=O) groups is 1. The summed E-state index contributed by atoms with van der Waals surface area (Å²) in [6.07, 6.45) is 1.24. The molecule has 1 fully saturated rings. The van der Waals surface area contributed by atoms with Crippen molar-refractivity contribution in [3.8, 4) is 0 Å². The van der Waals surface area contributed by atoms with Gasteiger partial charge in [0.05, 0.1) is 5.92 Å². The maximum Gasteiger partial charge on any atom is 0.306 e. The highest BCUT2D eigenvalue weighted by Gasteiger charge is 2.36. The molecule has 0 spiro atoms. The van der Waals surface area contributed by atoms with Crippen LogP contribution in [0.2, 0.25) is 0 Å². The first kappa shape index (κ1) is 14.1. The summed E-state index contributed by atoms with van der Waals surface area (Å²) in [7, 11) is 0. The molecule has 1 aromatic rings. The molecule has 0 bridgehead atoms. The summed E-state index contributed by atoms with van der Waals surface area (Å²) in [6, 6.07) is 8.44. The standard InChI is InChI=1S/C16H23NO2/c1-16(2,3)12-6-4-10(5-7-12)13-8-11(15(18)19)9-14(13)17/h4-7,11,13-14H,8-9,17H2,1-3H3,(H,18,19)/t11-,13+,14-/m0/s1. The normalized spacial score (nSPS) is 27.5. The molecule has 0 amide bonds. The topological polar surface area (TPSA) is 63.3 Å². The smallest absolute Gasteiger partial charge is 0.306 e. The minimum Gasteiger partial charge on any atom is -0.481 e. The molecule has 1 saturated carbocycles. The number of carboxylic acid groups (broad SMARTS) is 1. The number of nitrogens with two attached hydrogens (primary N) is 1. The molecule has 0 aromatic heterocycles. The van der Waals surface area contributed by atoms with Crippen LogP contribution >= 0.6 is 0 Å². The number of rotatable bonds is 2. The molecule has 1 aliphatic rings. The zero-order chi connectivity index (χ0) is 14.2. The van der Waals surface area contributed by atoms with E-state index in [1.165, 1.54) is 11.1 Å². The van der Waals surface area contributed by atoms with Gasteiger partial charge in [0.15, 0.2) is 0 Å². The summed E-state index contributed by atoms with van der Waals surface area (Å²) in [5, 5.41) is 9.09. The summed E-state index contributed by atoms with van der Waals surface area (Å²) in [4.78, 5) is 11.1. The van der Waals surface area contributed by atoms with Crippen molar-refractivity contribution < 1.29 is 9.90 Å². The number of hydrogen-bond donors (Lipinski definition) is 2. The monoisotopic (exact) mass is 261 g/mol. The zero-order valence-corrected chi connectivity index (χ0v) is 11.9. The van der Waals surface area contributed by atoms with Crippen molar-refractivity contribution in [2.75, 3.05) is 0 Å². The molecule has 19 heavy (non-hydrogen) atoms. The minimum absolute atomic E-state index is 0.0402. The van der Waals surface area contributed by atoms with Gasteiger partial charge < -0.3 is 10.8 Å². The second-order valence-electron chi connectivity index (χ2n) is 6.65. The first-order valence-corrected chi connectivity index (χ1v) is 6.88. The second kappa shape index (κ2) is 4.97. The lowest BCUT2D eigenvalue weighted by Gasteiger charge is -2.21. The molecule has 0 unspecified atom stereocenters. The predicted molar refractivity (Wildman–Crippen MR) is 76.2 cm³/mol. The number of hydrogen-bond acceptors (Lipinski definition) is 2. The van der Waals surface area contributed by atoms with Crippen LogP contribution in [0.4, 0.5) is 0 Å². The molecular weight excluding hydrogens is 238 g/mol. The number of aliphatic carboxylic acids is 1. The Morgan fingerprint density at radius 3 is 2.21 bits per heavy atom. The van der Waals surface area contributed by atoms with Crippen LogP contribution in [0.1, 0.15) is 50.7 Å². The third kappa shape index (κ3) is 2.98. The maximum atomic E-state index is 11.1. The van der Waals surface area contributed by atoms with Crippen LogP contribution in [0, 0.1) is 5.92 Å². The van der Waals surface area contributed by atoms with Crippen molar-refractivity contribution in [2.24, 2.45) is 11.7 Å². The summed E-state index contributed by atoms with van der Waals surface area (Å²) in [6.45, 7) is 6.55. The second-order valence-corrected chi connectivity index (χ2v) is 6.65. The Morgan fingerprint density at radius 2 is 1.79 bits per heavy atom. The van der Waals surface area contributed by atoms with Gasteiger partial charge in [-0.25, -0.2) is 0 Å². The van der Waals surface area contributed by atoms with Gasteiger partial charge in [0.1, 0.15) is 0 Å². The molecule has 0 radical (unpaired) electrons. The van der Waals surface area contributed by atoms with Crippen molar-refractivity contribution in [3.05, 3.63) is 35.4 Å². The summed E-state index contributed by atoms with van der Waals surface area (Å²) in [5.41, 5.74) is 8.70. The van der Waals surface area contributed by atoms with Gasteiger partial charge in [0, 0.05) is 6.04 Å². The molecule has 104 valence electrons. The highest BCUT2D eigenvalue weighted by atomic mass is 16.4. The van der Waals surface area contributed by atoms with E-state index >= 15 is 0 Å². The van der Waals surface area contributed by atoms with Crippen molar-refractivity contribution in [1.82, 2.24) is 0 Å². The molecule has 1 aromatic carbocycles. The third-order valence-electron chi connectivity index (χ3n) is 4.17. The Kier molecular flexibility index (Phi) is 3.68. The SMILES string of the molecule is CC(C)(C)c1ccc([C@H]2C[C@H](C(=O)O)C[C@@H]2N)cc1. The van der Waals surface area contributed by atoms with Crippen LogP contribution in [-0.4, -0.2) is 17.1 Å². The molecule has 1 aliphatic carbocycles. The lowest BCUT2D eigenvalue weighted by atomic mass is 9.85. The van der Waals surface area contributed by atoms with Crippen molar-refractivity contribution in [1.29, 1.82) is 0 Å². The predicted octanol–water partition coefficient (Wildman–Crippen LogP) is 2.89. The van der Waals surface area contributed by atoms with Crippen LogP contribution in [-0.2, 0) is 10.2 Å². The summed E-state index contributed by atoms with van der Waals surface area (Å²) in [5.74, 6) is -0.832. The molecular formula is C16H23NO2. The van der Waals surface area contributed by atoms with E-state index < -0.39 is 5.97 Å².